The first-order valence-corrected chi connectivity index (χ1v) is 5.83. The molecule has 0 aliphatic rings. The third-order valence-corrected chi connectivity index (χ3v) is 1.97. The topological polar surface area (TPSA) is 89.9 Å². The van der Waals surface area contributed by atoms with E-state index in [1.165, 1.54) is 6.08 Å². The summed E-state index contributed by atoms with van der Waals surface area (Å²) in [6.45, 7) is 5.42. The molecule has 0 saturated heterocycles. The summed E-state index contributed by atoms with van der Waals surface area (Å²) in [6.07, 6.45) is 3.55. The maximum atomic E-state index is 11.2. The van der Waals surface area contributed by atoms with Crippen molar-refractivity contribution in [2.75, 3.05) is 13.2 Å². The number of rotatable bonds is 9. The molecule has 0 rings (SSSR count). The fraction of sp³-hybridized carbons (Fsp3) is 0.462. The molecule has 0 heterocycles. The molecule has 0 aliphatic heterocycles. The van der Waals surface area contributed by atoms with Gasteiger partial charge in [-0.3, -0.25) is 4.79 Å². The van der Waals surface area contributed by atoms with E-state index < -0.39 is 24.3 Å². The molecule has 110 valence electrons. The van der Waals surface area contributed by atoms with Gasteiger partial charge >= 0.3 is 55.6 Å². The molecule has 0 aromatic heterocycles. The van der Waals surface area contributed by atoms with Crippen molar-refractivity contribution in [2.45, 2.75) is 26.2 Å². The third-order valence-electron chi connectivity index (χ3n) is 1.97. The number of allylic oxidation sites excluding steroid dienone is 1. The number of hydrogen-bond acceptors (Lipinski definition) is 5. The normalized spacial score (nSPS) is 9.65. The van der Waals surface area contributed by atoms with Crippen LogP contribution in [0.5, 0.6) is 0 Å². The number of esters is 2. The van der Waals surface area contributed by atoms with Gasteiger partial charge in [0.15, 0.2) is 0 Å². The van der Waals surface area contributed by atoms with Crippen LogP contribution in [-0.4, -0.2) is 74.0 Å². The zero-order valence-corrected chi connectivity index (χ0v) is 13.8. The van der Waals surface area contributed by atoms with Crippen LogP contribution in [0, 0.1) is 0 Å². The van der Waals surface area contributed by atoms with E-state index >= 15 is 0 Å². The first-order valence-electron chi connectivity index (χ1n) is 5.83. The van der Waals surface area contributed by atoms with Crippen LogP contribution < -0.4 is 0 Å². The molecule has 0 amide bonds. The van der Waals surface area contributed by atoms with Gasteiger partial charge in [-0.25, -0.2) is 9.59 Å². The molecule has 0 radical (unpaired) electrons. The van der Waals surface area contributed by atoms with Gasteiger partial charge in [0.2, 0.25) is 0 Å². The number of carbonyl (C=O) groups is 3. The molecule has 6 nitrogen and oxygen atoms in total. The summed E-state index contributed by atoms with van der Waals surface area (Å²) in [5, 5.41) is 8.45. The van der Waals surface area contributed by atoms with Crippen molar-refractivity contribution in [3.63, 3.8) is 0 Å². The van der Waals surface area contributed by atoms with Gasteiger partial charge < -0.3 is 17.4 Å². The summed E-state index contributed by atoms with van der Waals surface area (Å²) in [5.41, 5.74) is -0.0907. The van der Waals surface area contributed by atoms with Crippen LogP contribution >= 0.6 is 0 Å². The minimum Gasteiger partial charge on any atom is -1.00 e. The van der Waals surface area contributed by atoms with Crippen molar-refractivity contribution < 1.29 is 31.8 Å². The maximum absolute atomic E-state index is 11.2. The number of hydrogen-bond donors (Lipinski definition) is 1. The molecule has 0 spiro atoms. The SMILES string of the molecule is C=C(CC(=O)O)C(=O)OCCCCOC(=O)C=CC.[Ca+2].[H-].[H-]. The second kappa shape index (κ2) is 13.1. The van der Waals surface area contributed by atoms with Gasteiger partial charge in [-0.05, 0) is 19.8 Å². The molecular weight excluding hydrogens is 292 g/mol. The maximum Gasteiger partial charge on any atom is 2.00 e. The Balaban J connectivity index is -0.000000540. The van der Waals surface area contributed by atoms with Gasteiger partial charge in [-0.2, -0.15) is 0 Å². The Hall–Kier alpha value is -0.850. The average molecular weight is 312 g/mol. The predicted molar refractivity (Wildman–Crippen MR) is 75.3 cm³/mol. The summed E-state index contributed by atoms with van der Waals surface area (Å²) < 4.78 is 9.63. The predicted octanol–water partition coefficient (Wildman–Crippen LogP) is 1.30. The zero-order valence-electron chi connectivity index (χ0n) is 13.6. The summed E-state index contributed by atoms with van der Waals surface area (Å²) in [7, 11) is 0. The van der Waals surface area contributed by atoms with Crippen LogP contribution in [-0.2, 0) is 23.9 Å². The van der Waals surface area contributed by atoms with Crippen molar-refractivity contribution in [3.05, 3.63) is 24.3 Å². The third kappa shape index (κ3) is 12.2. The van der Waals surface area contributed by atoms with E-state index in [-0.39, 0.29) is 59.4 Å². The summed E-state index contributed by atoms with van der Waals surface area (Å²) in [4.78, 5) is 32.5. The molecule has 0 atom stereocenters. The van der Waals surface area contributed by atoms with Crippen molar-refractivity contribution in [1.82, 2.24) is 0 Å². The number of aliphatic carboxylic acids is 1. The van der Waals surface area contributed by atoms with E-state index in [4.69, 9.17) is 14.6 Å². The number of carbonyl (C=O) groups excluding carboxylic acids is 2. The van der Waals surface area contributed by atoms with E-state index in [1.54, 1.807) is 13.0 Å². The number of carboxylic acids is 1. The van der Waals surface area contributed by atoms with Gasteiger partial charge in [0, 0.05) is 11.6 Å². The number of unbranched alkanes of at least 4 members (excludes halogenated alkanes) is 1. The largest absolute Gasteiger partial charge is 2.00 e. The Labute approximate surface area is 150 Å². The molecule has 7 heteroatoms. The van der Waals surface area contributed by atoms with Crippen LogP contribution in [0.25, 0.3) is 0 Å². The van der Waals surface area contributed by atoms with Crippen LogP contribution in [0.4, 0.5) is 0 Å². The summed E-state index contributed by atoms with van der Waals surface area (Å²) in [6, 6.07) is 0. The molecule has 1 N–H and O–H groups in total. The first-order chi connectivity index (χ1) is 8.97. The molecule has 0 aromatic rings. The van der Waals surface area contributed by atoms with Crippen molar-refractivity contribution in [1.29, 1.82) is 0 Å². The van der Waals surface area contributed by atoms with Crippen LogP contribution in [0.15, 0.2) is 24.3 Å². The van der Waals surface area contributed by atoms with Gasteiger partial charge in [0.05, 0.1) is 19.6 Å². The van der Waals surface area contributed by atoms with E-state index in [0.29, 0.717) is 12.8 Å². The fourth-order valence-electron chi connectivity index (χ4n) is 1.08. The molecule has 0 saturated carbocycles. The van der Waals surface area contributed by atoms with Crippen molar-refractivity contribution >= 4 is 55.6 Å². The minimum atomic E-state index is -1.13. The number of carboxylic acid groups (broad SMARTS) is 1. The molecule has 0 bridgehead atoms. The zero-order chi connectivity index (χ0) is 14.7. The van der Waals surface area contributed by atoms with E-state index in [9.17, 15) is 14.4 Å². The second-order valence-corrected chi connectivity index (χ2v) is 3.68. The molecule has 0 unspecified atom stereocenters. The smallest absolute Gasteiger partial charge is 1.00 e. The molecule has 0 fully saturated rings. The molecule has 0 aliphatic carbocycles. The first kappa shape index (κ1) is 21.4. The van der Waals surface area contributed by atoms with Gasteiger partial charge in [-0.15, -0.1) is 0 Å². The standard InChI is InChI=1S/C13H18O6.Ca.2H/c1-3-6-12(16)18-7-4-5-8-19-13(17)10(2)9-11(14)15;;;/h3,6H,2,4-5,7-9H2,1H3,(H,14,15);;;/q;+2;2*-1. The fourth-order valence-corrected chi connectivity index (χ4v) is 1.08. The van der Waals surface area contributed by atoms with Crippen molar-refractivity contribution in [3.8, 4) is 0 Å². The summed E-state index contributed by atoms with van der Waals surface area (Å²) >= 11 is 0. The quantitative estimate of drug-likeness (QED) is 0.299. The Bertz CT molecular complexity index is 385. The van der Waals surface area contributed by atoms with Crippen LogP contribution in [0.3, 0.4) is 0 Å². The monoisotopic (exact) mass is 312 g/mol. The minimum absolute atomic E-state index is 0. The molecule has 0 aromatic carbocycles. The average Bonchev–Trinajstić information content (AvgIpc) is 2.32. The van der Waals surface area contributed by atoms with Crippen LogP contribution in [0.1, 0.15) is 29.0 Å². The Kier molecular flexibility index (Phi) is 14.1. The molecule has 20 heavy (non-hydrogen) atoms. The van der Waals surface area contributed by atoms with Gasteiger partial charge in [-0.1, -0.05) is 12.7 Å². The van der Waals surface area contributed by atoms with Gasteiger partial charge in [0.25, 0.3) is 0 Å². The van der Waals surface area contributed by atoms with E-state index in [2.05, 4.69) is 6.58 Å². The number of ether oxygens (including phenoxy) is 2. The van der Waals surface area contributed by atoms with Gasteiger partial charge in [0.1, 0.15) is 0 Å². The van der Waals surface area contributed by atoms with E-state index in [0.717, 1.165) is 0 Å². The Morgan fingerprint density at radius 3 is 2.25 bits per heavy atom. The second-order valence-electron chi connectivity index (χ2n) is 3.68. The van der Waals surface area contributed by atoms with Crippen molar-refractivity contribution in [2.24, 2.45) is 0 Å². The molecular formula is C13H20CaO6. The summed E-state index contributed by atoms with van der Waals surface area (Å²) in [5.74, 6) is -2.25. The Morgan fingerprint density at radius 2 is 1.75 bits per heavy atom. The van der Waals surface area contributed by atoms with E-state index in [1.807, 2.05) is 0 Å². The Morgan fingerprint density at radius 1 is 1.20 bits per heavy atom. The van der Waals surface area contributed by atoms with Crippen LogP contribution in [0.2, 0.25) is 0 Å².